The van der Waals surface area contributed by atoms with Gasteiger partial charge >= 0.3 is 18.2 Å². The number of carbonyl (C=O) groups excluding carboxylic acids is 4. The van der Waals surface area contributed by atoms with Crippen molar-refractivity contribution in [3.63, 3.8) is 0 Å². The molecule has 3 amide bonds. The third-order valence-corrected chi connectivity index (χ3v) is 6.20. The summed E-state index contributed by atoms with van der Waals surface area (Å²) >= 11 is 0. The number of esters is 1. The van der Waals surface area contributed by atoms with Crippen LogP contribution in [0, 0.1) is 6.92 Å². The number of amides is 3. The molecule has 0 saturated heterocycles. The maximum absolute atomic E-state index is 13.0. The number of anilines is 2. The molecule has 0 radical (unpaired) electrons. The minimum atomic E-state index is -0.700. The van der Waals surface area contributed by atoms with E-state index in [1.165, 1.54) is 9.80 Å². The van der Waals surface area contributed by atoms with Crippen LogP contribution >= 0.6 is 0 Å². The Morgan fingerprint density at radius 2 is 1.66 bits per heavy atom. The summed E-state index contributed by atoms with van der Waals surface area (Å²) in [6.07, 6.45) is 2.16. The number of carbonyl (C=O) groups is 4. The van der Waals surface area contributed by atoms with Crippen molar-refractivity contribution in [3.8, 4) is 0 Å². The monoisotopic (exact) mass is 612 g/mol. The number of H-pyrrole nitrogens is 1. The molecule has 1 aliphatic rings. The molecule has 0 aromatic carbocycles. The molecule has 3 rings (SSSR count). The fraction of sp³-hybridized carbons (Fsp3) is 0.516. The van der Waals surface area contributed by atoms with Crippen molar-refractivity contribution in [1.82, 2.24) is 19.8 Å². The summed E-state index contributed by atoms with van der Waals surface area (Å²) in [7, 11) is 1.61. The summed E-state index contributed by atoms with van der Waals surface area (Å²) in [5.41, 5.74) is 1.72. The smallest absolute Gasteiger partial charge is 0.410 e. The summed E-state index contributed by atoms with van der Waals surface area (Å²) in [5, 5.41) is 6.00. The molecule has 0 fully saturated rings. The van der Waals surface area contributed by atoms with Crippen molar-refractivity contribution in [1.29, 1.82) is 0 Å². The van der Waals surface area contributed by atoms with Crippen molar-refractivity contribution in [2.24, 2.45) is 0 Å². The lowest BCUT2D eigenvalue weighted by Crippen LogP contribution is -2.44. The van der Waals surface area contributed by atoms with Crippen LogP contribution in [0.5, 0.6) is 0 Å². The Morgan fingerprint density at radius 3 is 2.30 bits per heavy atom. The van der Waals surface area contributed by atoms with Gasteiger partial charge in [0, 0.05) is 44.5 Å². The van der Waals surface area contributed by atoms with Gasteiger partial charge in [-0.1, -0.05) is 0 Å². The Hall–Kier alpha value is -4.55. The van der Waals surface area contributed by atoms with Gasteiger partial charge in [0.25, 0.3) is 5.91 Å². The Balaban J connectivity index is 1.74. The molecule has 0 spiro atoms. The molecule has 44 heavy (non-hydrogen) atoms. The molecule has 1 aliphatic heterocycles. The first kappa shape index (κ1) is 33.9. The summed E-state index contributed by atoms with van der Waals surface area (Å²) in [6, 6.07) is 3.41. The molecule has 240 valence electrons. The second-order valence-corrected chi connectivity index (χ2v) is 12.4. The van der Waals surface area contributed by atoms with Crippen LogP contribution in [-0.4, -0.2) is 94.9 Å². The van der Waals surface area contributed by atoms with Crippen LogP contribution in [0.4, 0.5) is 21.1 Å². The largest absolute Gasteiger partial charge is 0.462 e. The number of rotatable bonds is 10. The number of aromatic nitrogens is 2. The number of ether oxygens (including phenoxy) is 3. The lowest BCUT2D eigenvalue weighted by molar-refractivity contribution is -0.110. The van der Waals surface area contributed by atoms with Crippen molar-refractivity contribution in [3.05, 3.63) is 40.8 Å². The van der Waals surface area contributed by atoms with Gasteiger partial charge in [0.1, 0.15) is 17.0 Å². The molecule has 0 bridgehead atoms. The number of aromatic amines is 1. The van der Waals surface area contributed by atoms with Crippen LogP contribution in [0.2, 0.25) is 0 Å². The number of aryl methyl sites for hydroxylation is 1. The Labute approximate surface area is 258 Å². The Kier molecular flexibility index (Phi) is 10.7. The van der Waals surface area contributed by atoms with Gasteiger partial charge in [-0.15, -0.1) is 0 Å². The molecule has 2 aromatic rings. The standard InChI is InChI=1S/C31H44N6O7/c1-10-42-27(39)22-15-19(2)34-23(22)16-21-20-17-25(33-18-24(20)35-26(21)38)32-11-12-37(29(41)44-31(6,7)8)14-13-36(9)28(40)43-30(3,4)5/h15-18,34H,10-14H2,1-9H3,(H,32,33)(H,35,38)/b21-16-. The number of fused-ring (bicyclic) bond motifs is 1. The number of pyridine rings is 1. The van der Waals surface area contributed by atoms with E-state index < -0.39 is 29.4 Å². The van der Waals surface area contributed by atoms with Crippen LogP contribution in [0.25, 0.3) is 11.6 Å². The molecular weight excluding hydrogens is 568 g/mol. The fourth-order valence-corrected chi connectivity index (χ4v) is 4.22. The van der Waals surface area contributed by atoms with Gasteiger partial charge in [-0.05, 0) is 73.6 Å². The predicted molar refractivity (Wildman–Crippen MR) is 167 cm³/mol. The molecule has 3 N–H and O–H groups in total. The van der Waals surface area contributed by atoms with Crippen molar-refractivity contribution >= 4 is 47.2 Å². The quantitative estimate of drug-likeness (QED) is 0.193. The van der Waals surface area contributed by atoms with Crippen molar-refractivity contribution in [2.75, 3.05) is 50.5 Å². The Bertz CT molecular complexity index is 1420. The number of hydrogen-bond acceptors (Lipinski definition) is 9. The van der Waals surface area contributed by atoms with E-state index in [0.717, 1.165) is 5.69 Å². The van der Waals surface area contributed by atoms with Crippen LogP contribution in [0.3, 0.4) is 0 Å². The molecule has 13 nitrogen and oxygen atoms in total. The number of nitrogens with one attached hydrogen (secondary N) is 3. The molecule has 2 aromatic heterocycles. The summed E-state index contributed by atoms with van der Waals surface area (Å²) in [6.45, 7) is 15.5. The zero-order valence-electron chi connectivity index (χ0n) is 27.0. The predicted octanol–water partition coefficient (Wildman–Crippen LogP) is 4.90. The molecular formula is C31H44N6O7. The van der Waals surface area contributed by atoms with Gasteiger partial charge in [0.05, 0.1) is 35.3 Å². The highest BCUT2D eigenvalue weighted by Gasteiger charge is 2.27. The van der Waals surface area contributed by atoms with E-state index in [0.29, 0.717) is 40.4 Å². The third kappa shape index (κ3) is 9.48. The third-order valence-electron chi connectivity index (χ3n) is 6.20. The highest BCUT2D eigenvalue weighted by molar-refractivity contribution is 6.35. The van der Waals surface area contributed by atoms with E-state index in [9.17, 15) is 19.2 Å². The van der Waals surface area contributed by atoms with E-state index in [2.05, 4.69) is 20.6 Å². The first-order valence-electron chi connectivity index (χ1n) is 14.5. The van der Waals surface area contributed by atoms with Crippen LogP contribution in [0.1, 0.15) is 75.8 Å². The highest BCUT2D eigenvalue weighted by Crippen LogP contribution is 2.34. The van der Waals surface area contributed by atoms with Gasteiger partial charge in [0.15, 0.2) is 0 Å². The Morgan fingerprint density at radius 1 is 1.00 bits per heavy atom. The maximum Gasteiger partial charge on any atom is 0.410 e. The van der Waals surface area contributed by atoms with Crippen LogP contribution in [0.15, 0.2) is 18.3 Å². The summed E-state index contributed by atoms with van der Waals surface area (Å²) < 4.78 is 16.1. The lowest BCUT2D eigenvalue weighted by atomic mass is 10.1. The zero-order chi connectivity index (χ0) is 32.8. The van der Waals surface area contributed by atoms with Gasteiger partial charge < -0.3 is 39.6 Å². The van der Waals surface area contributed by atoms with Crippen LogP contribution < -0.4 is 10.6 Å². The lowest BCUT2D eigenvalue weighted by Gasteiger charge is -2.30. The molecule has 3 heterocycles. The minimum Gasteiger partial charge on any atom is -0.462 e. The minimum absolute atomic E-state index is 0.216. The van der Waals surface area contributed by atoms with E-state index in [-0.39, 0.29) is 32.1 Å². The molecule has 0 atom stereocenters. The average molecular weight is 613 g/mol. The number of hydrogen-bond donors (Lipinski definition) is 3. The molecule has 0 unspecified atom stereocenters. The van der Waals surface area contributed by atoms with Crippen molar-refractivity contribution < 1.29 is 33.4 Å². The first-order chi connectivity index (χ1) is 20.5. The summed E-state index contributed by atoms with van der Waals surface area (Å²) in [5.74, 6) is -0.327. The van der Waals surface area contributed by atoms with Gasteiger partial charge in [-0.3, -0.25) is 4.79 Å². The van der Waals surface area contributed by atoms with Gasteiger partial charge in [-0.25, -0.2) is 19.4 Å². The van der Waals surface area contributed by atoms with Crippen LogP contribution in [-0.2, 0) is 19.0 Å². The number of nitrogens with zero attached hydrogens (tertiary/aromatic N) is 3. The highest BCUT2D eigenvalue weighted by atomic mass is 16.6. The molecule has 13 heteroatoms. The second-order valence-electron chi connectivity index (χ2n) is 12.4. The molecule has 0 saturated carbocycles. The van der Waals surface area contributed by atoms with Crippen molar-refractivity contribution in [2.45, 2.75) is 66.6 Å². The summed E-state index contributed by atoms with van der Waals surface area (Å²) in [4.78, 5) is 61.1. The normalized spacial score (nSPS) is 13.7. The van der Waals surface area contributed by atoms with E-state index in [4.69, 9.17) is 14.2 Å². The number of likely N-dealkylation sites (N-methyl/N-ethyl adjacent to an activating group) is 1. The van der Waals surface area contributed by atoms with E-state index in [1.807, 2.05) is 6.92 Å². The zero-order valence-corrected chi connectivity index (χ0v) is 27.0. The average Bonchev–Trinajstić information content (AvgIpc) is 3.42. The fourth-order valence-electron chi connectivity index (χ4n) is 4.22. The first-order valence-corrected chi connectivity index (χ1v) is 14.5. The van der Waals surface area contributed by atoms with E-state index in [1.54, 1.807) is 79.9 Å². The van der Waals surface area contributed by atoms with Gasteiger partial charge in [0.2, 0.25) is 0 Å². The molecule has 0 aliphatic carbocycles. The second kappa shape index (κ2) is 13.8. The SMILES string of the molecule is CCOC(=O)c1cc(C)[nH]c1/C=C1\C(=O)Nc2cnc(NCCN(CCN(C)C(=O)OC(C)(C)C)C(=O)OC(C)(C)C)cc21. The topological polar surface area (TPSA) is 155 Å². The van der Waals surface area contributed by atoms with Gasteiger partial charge in [-0.2, -0.15) is 0 Å². The maximum atomic E-state index is 13.0. The van der Waals surface area contributed by atoms with E-state index >= 15 is 0 Å².